The van der Waals surface area contributed by atoms with E-state index in [1.165, 1.54) is 0 Å². The molecule has 0 aliphatic carbocycles. The third-order valence-corrected chi connectivity index (χ3v) is 3.69. The predicted octanol–water partition coefficient (Wildman–Crippen LogP) is 3.78. The van der Waals surface area contributed by atoms with Gasteiger partial charge in [-0.3, -0.25) is 4.79 Å². The van der Waals surface area contributed by atoms with Crippen LogP contribution in [-0.4, -0.2) is 30.0 Å². The van der Waals surface area contributed by atoms with Gasteiger partial charge in [0.1, 0.15) is 5.69 Å². The van der Waals surface area contributed by atoms with Gasteiger partial charge in [-0.05, 0) is 55.7 Å². The number of esters is 1. The second-order valence-electron chi connectivity index (χ2n) is 6.29. The Kier molecular flexibility index (Phi) is 7.14. The van der Waals surface area contributed by atoms with Gasteiger partial charge in [0.15, 0.2) is 0 Å². The summed E-state index contributed by atoms with van der Waals surface area (Å²) >= 11 is 0. The highest BCUT2D eigenvalue weighted by atomic mass is 16.5. The van der Waals surface area contributed by atoms with Gasteiger partial charge in [-0.2, -0.15) is 0 Å². The Hall–Kier alpha value is -2.89. The van der Waals surface area contributed by atoms with Crippen molar-refractivity contribution >= 4 is 23.3 Å². The summed E-state index contributed by atoms with van der Waals surface area (Å²) in [5.41, 5.74) is 2.46. The number of amides is 1. The number of carbonyl (C=O) groups excluding carboxylic acids is 2. The average molecular weight is 355 g/mol. The van der Waals surface area contributed by atoms with Crippen molar-refractivity contribution in [2.45, 2.75) is 27.2 Å². The Morgan fingerprint density at radius 1 is 1.08 bits per heavy atom. The third kappa shape index (κ3) is 5.88. The molecule has 0 fully saturated rings. The van der Waals surface area contributed by atoms with Gasteiger partial charge in [0.25, 0.3) is 5.91 Å². The van der Waals surface area contributed by atoms with Gasteiger partial charge in [-0.15, -0.1) is 0 Å². The molecule has 6 heteroatoms. The van der Waals surface area contributed by atoms with Crippen LogP contribution in [-0.2, 0) is 4.74 Å². The molecule has 0 radical (unpaired) electrons. The van der Waals surface area contributed by atoms with Gasteiger partial charge in [-0.25, -0.2) is 9.78 Å². The smallest absolute Gasteiger partial charge is 0.338 e. The zero-order valence-corrected chi connectivity index (χ0v) is 15.4. The maximum absolute atomic E-state index is 12.0. The molecule has 138 valence electrons. The van der Waals surface area contributed by atoms with Crippen LogP contribution < -0.4 is 10.6 Å². The lowest BCUT2D eigenvalue weighted by molar-refractivity contribution is 0.0526. The first-order chi connectivity index (χ1) is 12.5. The van der Waals surface area contributed by atoms with Gasteiger partial charge in [0.05, 0.1) is 24.1 Å². The fourth-order valence-electron chi connectivity index (χ4n) is 2.24. The molecular formula is C20H25N3O3. The Morgan fingerprint density at radius 2 is 1.77 bits per heavy atom. The van der Waals surface area contributed by atoms with Gasteiger partial charge in [0, 0.05) is 12.2 Å². The SMILES string of the molecule is CCOC(=O)c1ccc(Nc2ccc(C(=O)NCCC(C)C)nc2)cc1. The van der Waals surface area contributed by atoms with Crippen molar-refractivity contribution in [1.82, 2.24) is 10.3 Å². The molecular weight excluding hydrogens is 330 g/mol. The van der Waals surface area contributed by atoms with E-state index in [-0.39, 0.29) is 11.9 Å². The highest BCUT2D eigenvalue weighted by Gasteiger charge is 2.08. The second kappa shape index (κ2) is 9.56. The standard InChI is InChI=1S/C20H25N3O3/c1-4-26-20(25)15-5-7-16(8-6-15)23-17-9-10-18(22-13-17)19(24)21-12-11-14(2)3/h5-10,13-14,23H,4,11-12H2,1-3H3,(H,21,24). The summed E-state index contributed by atoms with van der Waals surface area (Å²) in [5, 5.41) is 6.04. The van der Waals surface area contributed by atoms with E-state index in [0.717, 1.165) is 17.8 Å². The third-order valence-electron chi connectivity index (χ3n) is 3.69. The number of anilines is 2. The molecule has 2 aromatic rings. The first kappa shape index (κ1) is 19.4. The van der Waals surface area contributed by atoms with Crippen molar-refractivity contribution < 1.29 is 14.3 Å². The maximum Gasteiger partial charge on any atom is 0.338 e. The Labute approximate surface area is 154 Å². The zero-order chi connectivity index (χ0) is 18.9. The normalized spacial score (nSPS) is 10.5. The number of hydrogen-bond donors (Lipinski definition) is 2. The molecule has 0 unspecified atom stereocenters. The number of ether oxygens (including phenoxy) is 1. The highest BCUT2D eigenvalue weighted by molar-refractivity contribution is 5.92. The van der Waals surface area contributed by atoms with Crippen LogP contribution in [0.5, 0.6) is 0 Å². The van der Waals surface area contributed by atoms with E-state index in [1.807, 2.05) is 0 Å². The molecule has 0 saturated carbocycles. The number of nitrogens with one attached hydrogen (secondary N) is 2. The summed E-state index contributed by atoms with van der Waals surface area (Å²) in [6, 6.07) is 10.5. The quantitative estimate of drug-likeness (QED) is 0.705. The second-order valence-corrected chi connectivity index (χ2v) is 6.29. The van der Waals surface area contributed by atoms with Crippen molar-refractivity contribution in [2.24, 2.45) is 5.92 Å². The number of carbonyl (C=O) groups is 2. The molecule has 1 aromatic carbocycles. The molecule has 1 aromatic heterocycles. The van der Waals surface area contributed by atoms with E-state index >= 15 is 0 Å². The number of aromatic nitrogens is 1. The van der Waals surface area contributed by atoms with Gasteiger partial charge in [0.2, 0.25) is 0 Å². The molecule has 0 aliphatic rings. The number of pyridine rings is 1. The fraction of sp³-hybridized carbons (Fsp3) is 0.350. The van der Waals surface area contributed by atoms with Crippen molar-refractivity contribution in [1.29, 1.82) is 0 Å². The van der Waals surface area contributed by atoms with Crippen LogP contribution >= 0.6 is 0 Å². The zero-order valence-electron chi connectivity index (χ0n) is 15.4. The first-order valence-electron chi connectivity index (χ1n) is 8.78. The lowest BCUT2D eigenvalue weighted by atomic mass is 10.1. The number of nitrogens with zero attached hydrogens (tertiary/aromatic N) is 1. The molecule has 0 saturated heterocycles. The largest absolute Gasteiger partial charge is 0.462 e. The first-order valence-corrected chi connectivity index (χ1v) is 8.78. The molecule has 0 bridgehead atoms. The lowest BCUT2D eigenvalue weighted by Crippen LogP contribution is -2.26. The van der Waals surface area contributed by atoms with E-state index in [1.54, 1.807) is 49.5 Å². The van der Waals surface area contributed by atoms with Crippen molar-refractivity contribution in [3.63, 3.8) is 0 Å². The minimum Gasteiger partial charge on any atom is -0.462 e. The van der Waals surface area contributed by atoms with E-state index in [9.17, 15) is 9.59 Å². The number of hydrogen-bond acceptors (Lipinski definition) is 5. The van der Waals surface area contributed by atoms with E-state index < -0.39 is 0 Å². The maximum atomic E-state index is 12.0. The van der Waals surface area contributed by atoms with Gasteiger partial charge < -0.3 is 15.4 Å². The van der Waals surface area contributed by atoms with Gasteiger partial charge in [-0.1, -0.05) is 13.8 Å². The minimum atomic E-state index is -0.339. The average Bonchev–Trinajstić information content (AvgIpc) is 2.63. The summed E-state index contributed by atoms with van der Waals surface area (Å²) in [7, 11) is 0. The summed E-state index contributed by atoms with van der Waals surface area (Å²) in [5.74, 6) is 0.0367. The molecule has 26 heavy (non-hydrogen) atoms. The molecule has 2 rings (SSSR count). The van der Waals surface area contributed by atoms with Crippen LogP contribution in [0.4, 0.5) is 11.4 Å². The summed E-state index contributed by atoms with van der Waals surface area (Å²) in [6.45, 7) is 7.00. The number of rotatable bonds is 8. The molecule has 6 nitrogen and oxygen atoms in total. The molecule has 0 atom stereocenters. The van der Waals surface area contributed by atoms with E-state index in [2.05, 4.69) is 29.5 Å². The molecule has 0 spiro atoms. The molecule has 0 aliphatic heterocycles. The van der Waals surface area contributed by atoms with Gasteiger partial charge >= 0.3 is 5.97 Å². The predicted molar refractivity (Wildman–Crippen MR) is 102 cm³/mol. The molecule has 2 N–H and O–H groups in total. The van der Waals surface area contributed by atoms with Crippen LogP contribution in [0.15, 0.2) is 42.6 Å². The summed E-state index contributed by atoms with van der Waals surface area (Å²) in [4.78, 5) is 27.8. The van der Waals surface area contributed by atoms with Crippen LogP contribution in [0, 0.1) is 5.92 Å². The van der Waals surface area contributed by atoms with Crippen LogP contribution in [0.3, 0.4) is 0 Å². The molecule has 1 heterocycles. The lowest BCUT2D eigenvalue weighted by Gasteiger charge is -2.09. The molecule has 1 amide bonds. The fourth-order valence-corrected chi connectivity index (χ4v) is 2.24. The topological polar surface area (TPSA) is 80.3 Å². The van der Waals surface area contributed by atoms with Crippen molar-refractivity contribution in [2.75, 3.05) is 18.5 Å². The Morgan fingerprint density at radius 3 is 2.35 bits per heavy atom. The Bertz CT molecular complexity index is 725. The van der Waals surface area contributed by atoms with Crippen LogP contribution in [0.1, 0.15) is 48.0 Å². The number of benzene rings is 1. The summed E-state index contributed by atoms with van der Waals surface area (Å²) in [6.07, 6.45) is 2.55. The van der Waals surface area contributed by atoms with E-state index in [4.69, 9.17) is 4.74 Å². The summed E-state index contributed by atoms with van der Waals surface area (Å²) < 4.78 is 4.96. The van der Waals surface area contributed by atoms with E-state index in [0.29, 0.717) is 30.3 Å². The van der Waals surface area contributed by atoms with Crippen molar-refractivity contribution in [3.8, 4) is 0 Å². The van der Waals surface area contributed by atoms with Crippen LogP contribution in [0.2, 0.25) is 0 Å². The Balaban J connectivity index is 1.92. The highest BCUT2D eigenvalue weighted by Crippen LogP contribution is 2.17. The monoisotopic (exact) mass is 355 g/mol. The van der Waals surface area contributed by atoms with Crippen molar-refractivity contribution in [3.05, 3.63) is 53.9 Å². The van der Waals surface area contributed by atoms with Crippen LogP contribution in [0.25, 0.3) is 0 Å². The minimum absolute atomic E-state index is 0.170.